The molecule has 1 amide bonds. The fourth-order valence-corrected chi connectivity index (χ4v) is 3.28. The minimum atomic E-state index is -1.14. The van der Waals surface area contributed by atoms with Gasteiger partial charge >= 0.3 is 5.97 Å². The lowest BCUT2D eigenvalue weighted by Gasteiger charge is -2.16. The van der Waals surface area contributed by atoms with E-state index in [4.69, 9.17) is 14.2 Å². The molecule has 0 atom stereocenters. The molecule has 2 N–H and O–H groups in total. The van der Waals surface area contributed by atoms with Crippen molar-refractivity contribution in [1.29, 1.82) is 0 Å². The minimum absolute atomic E-state index is 0.0220. The van der Waals surface area contributed by atoms with Crippen molar-refractivity contribution in [1.82, 2.24) is 0 Å². The Bertz CT molecular complexity index is 873. The third-order valence-electron chi connectivity index (χ3n) is 4.68. The zero-order chi connectivity index (χ0) is 20.1. The molecule has 28 heavy (non-hydrogen) atoms. The van der Waals surface area contributed by atoms with Crippen LogP contribution in [0.1, 0.15) is 46.4 Å². The van der Waals surface area contributed by atoms with Crippen LogP contribution in [-0.4, -0.2) is 37.3 Å². The summed E-state index contributed by atoms with van der Waals surface area (Å²) in [5.41, 5.74) is 0.592. The van der Waals surface area contributed by atoms with Crippen molar-refractivity contribution < 1.29 is 28.9 Å². The van der Waals surface area contributed by atoms with Crippen molar-refractivity contribution in [3.8, 4) is 17.2 Å². The van der Waals surface area contributed by atoms with Crippen molar-refractivity contribution in [2.24, 2.45) is 0 Å². The zero-order valence-electron chi connectivity index (χ0n) is 15.9. The average Bonchev–Trinajstić information content (AvgIpc) is 3.20. The van der Waals surface area contributed by atoms with Gasteiger partial charge in [0.2, 0.25) is 0 Å². The van der Waals surface area contributed by atoms with E-state index in [1.165, 1.54) is 26.4 Å². The largest absolute Gasteiger partial charge is 0.493 e. The van der Waals surface area contributed by atoms with E-state index in [1.54, 1.807) is 18.2 Å². The summed E-state index contributed by atoms with van der Waals surface area (Å²) in [5.74, 6) is -0.429. The number of methoxy groups -OCH3 is 2. The highest BCUT2D eigenvalue weighted by molar-refractivity contribution is 6.06. The molecule has 0 heterocycles. The SMILES string of the molecule is COc1cc(C(=O)O)cc(NC(=O)c2cccc(OC3CCCC3)c2)c1OC. The summed E-state index contributed by atoms with van der Waals surface area (Å²) in [6.07, 6.45) is 4.55. The van der Waals surface area contributed by atoms with Gasteiger partial charge in [-0.3, -0.25) is 4.79 Å². The predicted molar refractivity (Wildman–Crippen MR) is 104 cm³/mol. The molecule has 3 rings (SSSR count). The van der Waals surface area contributed by atoms with Gasteiger partial charge in [0.05, 0.1) is 31.6 Å². The summed E-state index contributed by atoms with van der Waals surface area (Å²) in [6, 6.07) is 9.60. The Morgan fingerprint density at radius 2 is 1.79 bits per heavy atom. The second kappa shape index (κ2) is 8.65. The van der Waals surface area contributed by atoms with Gasteiger partial charge in [-0.25, -0.2) is 4.79 Å². The normalized spacial score (nSPS) is 13.8. The van der Waals surface area contributed by atoms with Gasteiger partial charge in [0.1, 0.15) is 5.75 Å². The number of carboxylic acid groups (broad SMARTS) is 1. The van der Waals surface area contributed by atoms with Gasteiger partial charge in [-0.2, -0.15) is 0 Å². The fraction of sp³-hybridized carbons (Fsp3) is 0.333. The highest BCUT2D eigenvalue weighted by atomic mass is 16.5. The first-order chi connectivity index (χ1) is 13.5. The molecule has 1 fully saturated rings. The number of carboxylic acids is 1. The van der Waals surface area contributed by atoms with Crippen LogP contribution in [0.3, 0.4) is 0 Å². The molecule has 7 nitrogen and oxygen atoms in total. The van der Waals surface area contributed by atoms with Crippen LogP contribution in [0.2, 0.25) is 0 Å². The first kappa shape index (κ1) is 19.5. The van der Waals surface area contributed by atoms with Gasteiger partial charge in [0, 0.05) is 5.56 Å². The molecule has 0 aliphatic heterocycles. The maximum Gasteiger partial charge on any atom is 0.335 e. The lowest BCUT2D eigenvalue weighted by molar-refractivity contribution is 0.0696. The number of benzene rings is 2. The van der Waals surface area contributed by atoms with E-state index in [2.05, 4.69) is 5.32 Å². The molecule has 2 aromatic carbocycles. The van der Waals surface area contributed by atoms with Gasteiger partial charge < -0.3 is 24.6 Å². The van der Waals surface area contributed by atoms with Gasteiger partial charge in [-0.15, -0.1) is 0 Å². The van der Waals surface area contributed by atoms with Crippen LogP contribution in [-0.2, 0) is 0 Å². The van der Waals surface area contributed by atoms with Crippen LogP contribution in [0.4, 0.5) is 5.69 Å². The Morgan fingerprint density at radius 3 is 2.43 bits per heavy atom. The number of aromatic carboxylic acids is 1. The van der Waals surface area contributed by atoms with Gasteiger partial charge in [0.25, 0.3) is 5.91 Å². The number of amides is 1. The van der Waals surface area contributed by atoms with Crippen molar-refractivity contribution in [3.05, 3.63) is 47.5 Å². The zero-order valence-corrected chi connectivity index (χ0v) is 15.9. The Labute approximate surface area is 163 Å². The number of rotatable bonds is 7. The van der Waals surface area contributed by atoms with E-state index >= 15 is 0 Å². The molecule has 0 unspecified atom stereocenters. The first-order valence-corrected chi connectivity index (χ1v) is 9.09. The highest BCUT2D eigenvalue weighted by Crippen LogP contribution is 2.37. The molecule has 0 bridgehead atoms. The second-order valence-corrected chi connectivity index (χ2v) is 6.57. The number of anilines is 1. The summed E-state index contributed by atoms with van der Waals surface area (Å²) in [7, 11) is 2.82. The molecular weight excluding hydrogens is 362 g/mol. The standard InChI is InChI=1S/C21H23NO6/c1-26-18-12-14(21(24)25)11-17(19(18)27-2)22-20(23)13-6-5-9-16(10-13)28-15-7-3-4-8-15/h5-6,9-12,15H,3-4,7-8H2,1-2H3,(H,22,23)(H,24,25). The quantitative estimate of drug-likeness (QED) is 0.749. The van der Waals surface area contributed by atoms with E-state index in [9.17, 15) is 14.7 Å². The predicted octanol–water partition coefficient (Wildman–Crippen LogP) is 3.98. The monoisotopic (exact) mass is 385 g/mol. The molecular formula is C21H23NO6. The van der Waals surface area contributed by atoms with Crippen molar-refractivity contribution in [3.63, 3.8) is 0 Å². The third-order valence-corrected chi connectivity index (χ3v) is 4.68. The van der Waals surface area contributed by atoms with Gasteiger partial charge in [-0.05, 0) is 56.0 Å². The van der Waals surface area contributed by atoms with E-state index in [0.29, 0.717) is 11.3 Å². The van der Waals surface area contributed by atoms with Crippen LogP contribution in [0, 0.1) is 0 Å². The molecule has 1 aliphatic rings. The third kappa shape index (κ3) is 4.36. The number of ether oxygens (including phenoxy) is 3. The maximum atomic E-state index is 12.7. The van der Waals surface area contributed by atoms with Crippen molar-refractivity contribution in [2.45, 2.75) is 31.8 Å². The van der Waals surface area contributed by atoms with Gasteiger partial charge in [-0.1, -0.05) is 6.07 Å². The molecule has 0 saturated heterocycles. The molecule has 0 radical (unpaired) electrons. The summed E-state index contributed by atoms with van der Waals surface area (Å²) in [4.78, 5) is 24.1. The Morgan fingerprint density at radius 1 is 1.04 bits per heavy atom. The topological polar surface area (TPSA) is 94.1 Å². The van der Waals surface area contributed by atoms with E-state index in [-0.39, 0.29) is 28.9 Å². The fourth-order valence-electron chi connectivity index (χ4n) is 3.28. The Balaban J connectivity index is 1.84. The number of nitrogens with one attached hydrogen (secondary N) is 1. The molecule has 2 aromatic rings. The van der Waals surface area contributed by atoms with Crippen LogP contribution in [0.25, 0.3) is 0 Å². The summed E-state index contributed by atoms with van der Waals surface area (Å²) in [5, 5.41) is 12.0. The maximum absolute atomic E-state index is 12.7. The van der Waals surface area contributed by atoms with Crippen molar-refractivity contribution in [2.75, 3.05) is 19.5 Å². The number of hydrogen-bond donors (Lipinski definition) is 2. The van der Waals surface area contributed by atoms with E-state index < -0.39 is 11.9 Å². The molecule has 0 spiro atoms. The lowest BCUT2D eigenvalue weighted by atomic mass is 10.1. The first-order valence-electron chi connectivity index (χ1n) is 9.09. The van der Waals surface area contributed by atoms with Crippen LogP contribution in [0.5, 0.6) is 17.2 Å². The van der Waals surface area contributed by atoms with E-state index in [0.717, 1.165) is 25.7 Å². The molecule has 7 heteroatoms. The van der Waals surface area contributed by atoms with Crippen LogP contribution >= 0.6 is 0 Å². The minimum Gasteiger partial charge on any atom is -0.493 e. The number of hydrogen-bond acceptors (Lipinski definition) is 5. The Kier molecular flexibility index (Phi) is 6.03. The number of carbonyl (C=O) groups excluding carboxylic acids is 1. The summed E-state index contributed by atoms with van der Waals surface area (Å²) < 4.78 is 16.4. The summed E-state index contributed by atoms with van der Waals surface area (Å²) in [6.45, 7) is 0. The smallest absolute Gasteiger partial charge is 0.335 e. The Hall–Kier alpha value is -3.22. The van der Waals surface area contributed by atoms with Crippen LogP contribution < -0.4 is 19.5 Å². The highest BCUT2D eigenvalue weighted by Gasteiger charge is 2.20. The van der Waals surface area contributed by atoms with Gasteiger partial charge in [0.15, 0.2) is 11.5 Å². The summed E-state index contributed by atoms with van der Waals surface area (Å²) >= 11 is 0. The van der Waals surface area contributed by atoms with E-state index in [1.807, 2.05) is 6.07 Å². The molecule has 148 valence electrons. The molecule has 1 saturated carbocycles. The number of carbonyl (C=O) groups is 2. The molecule has 1 aliphatic carbocycles. The lowest BCUT2D eigenvalue weighted by Crippen LogP contribution is -2.15. The average molecular weight is 385 g/mol. The van der Waals surface area contributed by atoms with Crippen LogP contribution in [0.15, 0.2) is 36.4 Å². The van der Waals surface area contributed by atoms with Crippen molar-refractivity contribution >= 4 is 17.6 Å². The second-order valence-electron chi connectivity index (χ2n) is 6.57. The molecule has 0 aromatic heterocycles.